The van der Waals surface area contributed by atoms with Crippen LogP contribution in [0.25, 0.3) is 0 Å². The molecule has 0 radical (unpaired) electrons. The maximum Gasteiger partial charge on any atom is 0.246 e. The Balaban J connectivity index is 2.63. The predicted octanol–water partition coefficient (Wildman–Crippen LogP) is 2.55. The molecule has 0 aromatic heterocycles. The molecule has 1 saturated heterocycles. The van der Waals surface area contributed by atoms with Gasteiger partial charge in [0.05, 0.1) is 5.25 Å². The minimum atomic E-state index is -3.24. The fraction of sp³-hybridized carbons (Fsp3) is 0.824. The van der Waals surface area contributed by atoms with Crippen LogP contribution in [0.5, 0.6) is 0 Å². The Hall–Kier alpha value is -0.880. The maximum atomic E-state index is 12.4. The van der Waals surface area contributed by atoms with Crippen molar-refractivity contribution in [2.24, 2.45) is 11.3 Å². The molecule has 0 aromatic rings. The van der Waals surface area contributed by atoms with Gasteiger partial charge in [-0.15, -0.1) is 0 Å². The molecule has 1 fully saturated rings. The lowest BCUT2D eigenvalue weighted by Crippen LogP contribution is -2.44. The number of nitrogens with one attached hydrogen (secondary N) is 1. The van der Waals surface area contributed by atoms with Gasteiger partial charge in [0, 0.05) is 25.7 Å². The molecule has 1 aliphatic heterocycles. The molecular formula is C17H32N2O3S. The number of rotatable bonds is 5. The van der Waals surface area contributed by atoms with Crippen LogP contribution in [0.2, 0.25) is 0 Å². The Kier molecular flexibility index (Phi) is 6.83. The highest BCUT2D eigenvalue weighted by atomic mass is 32.2. The lowest BCUT2D eigenvalue weighted by molar-refractivity contribution is -0.127. The van der Waals surface area contributed by atoms with Crippen molar-refractivity contribution in [2.45, 2.75) is 59.6 Å². The summed E-state index contributed by atoms with van der Waals surface area (Å²) < 4.78 is 26.4. The highest BCUT2D eigenvalue weighted by Gasteiger charge is 2.25. The second kappa shape index (κ2) is 7.79. The zero-order chi connectivity index (χ0) is 17.8. The molecule has 5 nitrogen and oxygen atoms in total. The summed E-state index contributed by atoms with van der Waals surface area (Å²) in [4.78, 5) is 14.3. The molecule has 1 aliphatic rings. The predicted molar refractivity (Wildman–Crippen MR) is 94.6 cm³/mol. The van der Waals surface area contributed by atoms with Gasteiger partial charge in [-0.3, -0.25) is 4.79 Å². The first kappa shape index (κ1) is 20.2. The van der Waals surface area contributed by atoms with Gasteiger partial charge in [0.25, 0.3) is 0 Å². The molecule has 1 unspecified atom stereocenters. The van der Waals surface area contributed by atoms with Crippen LogP contribution in [0, 0.1) is 11.3 Å². The first-order valence-corrected chi connectivity index (χ1v) is 9.94. The summed E-state index contributed by atoms with van der Waals surface area (Å²) in [5.41, 5.74) is 1.04. The van der Waals surface area contributed by atoms with Crippen molar-refractivity contribution in [1.82, 2.24) is 9.62 Å². The molecule has 0 saturated carbocycles. The van der Waals surface area contributed by atoms with Gasteiger partial charge in [0.15, 0.2) is 0 Å². The standard InChI is InChI=1S/C17H32N2O3S/c1-13(2)23(21,22)18-11-15-8-7-9-19(12-15)16(20)10-14(3)17(4,5)6/h10,13,15,18H,7-9,11-12H2,1-6H3. The van der Waals surface area contributed by atoms with E-state index < -0.39 is 15.3 Å². The molecule has 23 heavy (non-hydrogen) atoms. The minimum absolute atomic E-state index is 0.0161. The summed E-state index contributed by atoms with van der Waals surface area (Å²) in [6.45, 7) is 13.4. The Morgan fingerprint density at radius 1 is 1.35 bits per heavy atom. The molecule has 6 heteroatoms. The number of sulfonamides is 1. The van der Waals surface area contributed by atoms with Crippen molar-refractivity contribution >= 4 is 15.9 Å². The Bertz CT molecular complexity index is 545. The number of nitrogens with zero attached hydrogens (tertiary/aromatic N) is 1. The lowest BCUT2D eigenvalue weighted by atomic mass is 9.87. The van der Waals surface area contributed by atoms with E-state index in [0.29, 0.717) is 13.1 Å². The summed E-state index contributed by atoms with van der Waals surface area (Å²) in [5.74, 6) is 0.221. The lowest BCUT2D eigenvalue weighted by Gasteiger charge is -2.33. The highest BCUT2D eigenvalue weighted by molar-refractivity contribution is 7.90. The maximum absolute atomic E-state index is 12.4. The van der Waals surface area contributed by atoms with Gasteiger partial charge in [-0.05, 0) is 44.9 Å². The van der Waals surface area contributed by atoms with Crippen LogP contribution < -0.4 is 4.72 Å². The molecule has 134 valence electrons. The van der Waals surface area contributed by atoms with Crippen molar-refractivity contribution in [3.63, 3.8) is 0 Å². The van der Waals surface area contributed by atoms with E-state index in [-0.39, 0.29) is 17.2 Å². The van der Waals surface area contributed by atoms with E-state index in [4.69, 9.17) is 0 Å². The number of hydrogen-bond donors (Lipinski definition) is 1. The van der Waals surface area contributed by atoms with Gasteiger partial charge in [-0.1, -0.05) is 26.3 Å². The zero-order valence-corrected chi connectivity index (χ0v) is 16.2. The van der Waals surface area contributed by atoms with E-state index >= 15 is 0 Å². The third kappa shape index (κ3) is 6.26. The summed E-state index contributed by atoms with van der Waals surface area (Å²) in [5, 5.41) is -0.429. The minimum Gasteiger partial charge on any atom is -0.339 e. The average molecular weight is 345 g/mol. The van der Waals surface area contributed by atoms with Crippen LogP contribution >= 0.6 is 0 Å². The summed E-state index contributed by atoms with van der Waals surface area (Å²) >= 11 is 0. The summed E-state index contributed by atoms with van der Waals surface area (Å²) in [6.07, 6.45) is 3.59. The van der Waals surface area contributed by atoms with Gasteiger partial charge in [-0.2, -0.15) is 0 Å². The van der Waals surface area contributed by atoms with Gasteiger partial charge in [0.1, 0.15) is 0 Å². The number of amides is 1. The molecule has 0 aromatic carbocycles. The fourth-order valence-corrected chi connectivity index (χ4v) is 3.13. The van der Waals surface area contributed by atoms with Gasteiger partial charge >= 0.3 is 0 Å². The number of hydrogen-bond acceptors (Lipinski definition) is 3. The van der Waals surface area contributed by atoms with E-state index in [1.54, 1.807) is 19.9 Å². The SMILES string of the molecule is CC(=CC(=O)N1CCCC(CNS(=O)(=O)C(C)C)C1)C(C)(C)C. The molecular weight excluding hydrogens is 312 g/mol. The van der Waals surface area contributed by atoms with Crippen molar-refractivity contribution in [2.75, 3.05) is 19.6 Å². The average Bonchev–Trinajstić information content (AvgIpc) is 2.44. The van der Waals surface area contributed by atoms with Gasteiger partial charge < -0.3 is 4.90 Å². The summed E-state index contributed by atoms with van der Waals surface area (Å²) in [7, 11) is -3.24. The molecule has 1 rings (SSSR count). The normalized spacial score (nSPS) is 20.9. The largest absolute Gasteiger partial charge is 0.339 e. The Morgan fingerprint density at radius 2 is 1.96 bits per heavy atom. The molecule has 0 spiro atoms. The fourth-order valence-electron chi connectivity index (χ4n) is 2.33. The smallest absolute Gasteiger partial charge is 0.246 e. The highest BCUT2D eigenvalue weighted by Crippen LogP contribution is 2.25. The third-order valence-corrected chi connectivity index (χ3v) is 6.36. The van der Waals surface area contributed by atoms with E-state index in [2.05, 4.69) is 25.5 Å². The van der Waals surface area contributed by atoms with Crippen LogP contribution in [0.4, 0.5) is 0 Å². The van der Waals surface area contributed by atoms with Crippen LogP contribution in [0.1, 0.15) is 54.4 Å². The number of allylic oxidation sites excluding steroid dienone is 1. The first-order chi connectivity index (χ1) is 10.4. The molecule has 0 bridgehead atoms. The quantitative estimate of drug-likeness (QED) is 0.780. The van der Waals surface area contributed by atoms with Crippen LogP contribution in [0.3, 0.4) is 0 Å². The van der Waals surface area contributed by atoms with Crippen molar-refractivity contribution in [3.05, 3.63) is 11.6 Å². The van der Waals surface area contributed by atoms with E-state index in [1.807, 2.05) is 11.8 Å². The van der Waals surface area contributed by atoms with Crippen LogP contribution in [0.15, 0.2) is 11.6 Å². The number of likely N-dealkylation sites (tertiary alicyclic amines) is 1. The Morgan fingerprint density at radius 3 is 2.48 bits per heavy atom. The van der Waals surface area contributed by atoms with E-state index in [9.17, 15) is 13.2 Å². The monoisotopic (exact) mass is 344 g/mol. The molecule has 1 amide bonds. The van der Waals surface area contributed by atoms with Crippen molar-refractivity contribution in [3.8, 4) is 0 Å². The second-order valence-electron chi connectivity index (χ2n) is 7.81. The second-order valence-corrected chi connectivity index (χ2v) is 10.1. The first-order valence-electron chi connectivity index (χ1n) is 8.39. The number of piperidine rings is 1. The Labute approximate surface area is 141 Å². The zero-order valence-electron chi connectivity index (χ0n) is 15.3. The molecule has 1 atom stereocenters. The number of carbonyl (C=O) groups excluding carboxylic acids is 1. The number of carbonyl (C=O) groups is 1. The van der Waals surface area contributed by atoms with Crippen LogP contribution in [-0.4, -0.2) is 44.1 Å². The van der Waals surface area contributed by atoms with E-state index in [0.717, 1.165) is 25.0 Å². The molecule has 1 N–H and O–H groups in total. The van der Waals surface area contributed by atoms with Crippen molar-refractivity contribution in [1.29, 1.82) is 0 Å². The molecule has 1 heterocycles. The molecule has 0 aliphatic carbocycles. The van der Waals surface area contributed by atoms with Gasteiger partial charge in [0.2, 0.25) is 15.9 Å². The summed E-state index contributed by atoms with van der Waals surface area (Å²) in [6, 6.07) is 0. The van der Waals surface area contributed by atoms with Gasteiger partial charge in [-0.25, -0.2) is 13.1 Å². The third-order valence-electron chi connectivity index (χ3n) is 4.55. The topological polar surface area (TPSA) is 66.5 Å². The van der Waals surface area contributed by atoms with E-state index in [1.165, 1.54) is 0 Å². The van der Waals surface area contributed by atoms with Crippen molar-refractivity contribution < 1.29 is 13.2 Å². The van der Waals surface area contributed by atoms with Crippen LogP contribution in [-0.2, 0) is 14.8 Å².